The number of urea groups is 1. The number of nitro benzene ring substituents is 1. The Hall–Kier alpha value is -4.02. The number of nitrogens with zero attached hydrogens (tertiary/aromatic N) is 3. The van der Waals surface area contributed by atoms with Gasteiger partial charge in [0.1, 0.15) is 6.04 Å². The number of nitrogens with one attached hydrogen (secondary N) is 3. The molecule has 1 saturated heterocycles. The van der Waals surface area contributed by atoms with E-state index >= 15 is 0 Å². The first-order valence-corrected chi connectivity index (χ1v) is 8.78. The molecule has 11 heteroatoms. The summed E-state index contributed by atoms with van der Waals surface area (Å²) in [4.78, 5) is 52.5. The third kappa shape index (κ3) is 4.83. The maximum absolute atomic E-state index is 12.5. The molecule has 1 aromatic carbocycles. The van der Waals surface area contributed by atoms with E-state index in [0.29, 0.717) is 25.1 Å². The number of hydrogen-bond donors (Lipinski definition) is 3. The highest BCUT2D eigenvalue weighted by molar-refractivity contribution is 5.98. The van der Waals surface area contributed by atoms with E-state index in [4.69, 9.17) is 0 Å². The SMILES string of the molecule is O=C(NNC(=O)N1CCC[C@H]1C(=O)Nc1cccnc1)c1cccc([N+](=O)[O-])c1. The summed E-state index contributed by atoms with van der Waals surface area (Å²) in [7, 11) is 0. The van der Waals surface area contributed by atoms with E-state index in [2.05, 4.69) is 21.2 Å². The monoisotopic (exact) mass is 398 g/mol. The Labute approximate surface area is 165 Å². The van der Waals surface area contributed by atoms with Crippen molar-refractivity contribution in [1.29, 1.82) is 0 Å². The molecule has 1 aromatic heterocycles. The van der Waals surface area contributed by atoms with Crippen LogP contribution in [-0.4, -0.2) is 45.2 Å². The van der Waals surface area contributed by atoms with Crippen LogP contribution in [0.2, 0.25) is 0 Å². The summed E-state index contributed by atoms with van der Waals surface area (Å²) < 4.78 is 0. The first-order chi connectivity index (χ1) is 14.0. The molecule has 29 heavy (non-hydrogen) atoms. The van der Waals surface area contributed by atoms with Gasteiger partial charge in [-0.2, -0.15) is 0 Å². The third-order valence-electron chi connectivity index (χ3n) is 4.35. The lowest BCUT2D eigenvalue weighted by molar-refractivity contribution is -0.384. The summed E-state index contributed by atoms with van der Waals surface area (Å²) in [6.45, 7) is 0.351. The van der Waals surface area contributed by atoms with E-state index in [1.807, 2.05) is 0 Å². The lowest BCUT2D eigenvalue weighted by Gasteiger charge is -2.24. The van der Waals surface area contributed by atoms with Crippen molar-refractivity contribution in [2.24, 2.45) is 0 Å². The molecule has 0 radical (unpaired) electrons. The van der Waals surface area contributed by atoms with Crippen LogP contribution in [0.4, 0.5) is 16.2 Å². The fourth-order valence-electron chi connectivity index (χ4n) is 2.96. The topological polar surface area (TPSA) is 147 Å². The number of hydrogen-bond acceptors (Lipinski definition) is 6. The summed E-state index contributed by atoms with van der Waals surface area (Å²) >= 11 is 0. The molecule has 2 aromatic rings. The summed E-state index contributed by atoms with van der Waals surface area (Å²) in [6.07, 6.45) is 4.20. The van der Waals surface area contributed by atoms with E-state index in [-0.39, 0.29) is 17.2 Å². The Kier molecular flexibility index (Phi) is 5.97. The normalized spacial score (nSPS) is 15.4. The number of carbonyl (C=O) groups excluding carboxylic acids is 3. The Morgan fingerprint density at radius 3 is 2.72 bits per heavy atom. The lowest BCUT2D eigenvalue weighted by atomic mass is 10.2. The molecule has 11 nitrogen and oxygen atoms in total. The van der Waals surface area contributed by atoms with E-state index in [9.17, 15) is 24.5 Å². The molecule has 1 fully saturated rings. The second-order valence-electron chi connectivity index (χ2n) is 6.27. The Morgan fingerprint density at radius 2 is 2.00 bits per heavy atom. The minimum atomic E-state index is -0.711. The van der Waals surface area contributed by atoms with Crippen LogP contribution in [0.3, 0.4) is 0 Å². The predicted octanol–water partition coefficient (Wildman–Crippen LogP) is 1.45. The van der Waals surface area contributed by atoms with Crippen molar-refractivity contribution in [2.45, 2.75) is 18.9 Å². The molecule has 1 aliphatic rings. The average molecular weight is 398 g/mol. The highest BCUT2D eigenvalue weighted by Gasteiger charge is 2.34. The van der Waals surface area contributed by atoms with Crippen molar-refractivity contribution in [1.82, 2.24) is 20.7 Å². The zero-order valence-electron chi connectivity index (χ0n) is 15.2. The maximum atomic E-state index is 12.5. The van der Waals surface area contributed by atoms with Crippen LogP contribution < -0.4 is 16.2 Å². The van der Waals surface area contributed by atoms with Gasteiger partial charge in [-0.1, -0.05) is 6.07 Å². The molecular formula is C18H18N6O5. The number of rotatable bonds is 4. The largest absolute Gasteiger partial charge is 0.336 e. The van der Waals surface area contributed by atoms with E-state index in [1.165, 1.54) is 29.3 Å². The number of aromatic nitrogens is 1. The molecule has 1 aliphatic heterocycles. The minimum Gasteiger partial charge on any atom is -0.323 e. The van der Waals surface area contributed by atoms with Crippen LogP contribution >= 0.6 is 0 Å². The number of likely N-dealkylation sites (tertiary alicyclic amines) is 1. The molecule has 0 unspecified atom stereocenters. The predicted molar refractivity (Wildman–Crippen MR) is 102 cm³/mol. The van der Waals surface area contributed by atoms with Crippen LogP contribution in [0.15, 0.2) is 48.8 Å². The highest BCUT2D eigenvalue weighted by Crippen LogP contribution is 2.19. The molecule has 150 valence electrons. The minimum absolute atomic E-state index is 0.0202. The summed E-state index contributed by atoms with van der Waals surface area (Å²) in [5.74, 6) is -1.06. The van der Waals surface area contributed by atoms with Crippen molar-refractivity contribution in [2.75, 3.05) is 11.9 Å². The number of non-ortho nitro benzene ring substituents is 1. The van der Waals surface area contributed by atoms with Crippen LogP contribution in [0.5, 0.6) is 0 Å². The maximum Gasteiger partial charge on any atom is 0.336 e. The number of amides is 4. The zero-order valence-corrected chi connectivity index (χ0v) is 15.2. The first-order valence-electron chi connectivity index (χ1n) is 8.78. The number of carbonyl (C=O) groups is 3. The van der Waals surface area contributed by atoms with Gasteiger partial charge in [0, 0.05) is 30.4 Å². The van der Waals surface area contributed by atoms with Gasteiger partial charge in [-0.3, -0.25) is 30.1 Å². The second-order valence-corrected chi connectivity index (χ2v) is 6.27. The Morgan fingerprint density at radius 1 is 1.17 bits per heavy atom. The molecule has 3 rings (SSSR count). The van der Waals surface area contributed by atoms with Gasteiger partial charge in [0.2, 0.25) is 5.91 Å². The van der Waals surface area contributed by atoms with Crippen molar-refractivity contribution < 1.29 is 19.3 Å². The Balaban J connectivity index is 1.58. The van der Waals surface area contributed by atoms with Gasteiger partial charge < -0.3 is 10.2 Å². The van der Waals surface area contributed by atoms with Crippen LogP contribution in [0.1, 0.15) is 23.2 Å². The summed E-state index contributed by atoms with van der Waals surface area (Å²) in [5.41, 5.74) is 4.75. The number of hydrazine groups is 1. The molecule has 0 bridgehead atoms. The van der Waals surface area contributed by atoms with Crippen molar-refractivity contribution in [3.63, 3.8) is 0 Å². The summed E-state index contributed by atoms with van der Waals surface area (Å²) in [5, 5.41) is 13.5. The Bertz CT molecular complexity index is 935. The van der Waals surface area contributed by atoms with Gasteiger partial charge in [0.25, 0.3) is 11.6 Å². The van der Waals surface area contributed by atoms with Gasteiger partial charge in [-0.25, -0.2) is 10.2 Å². The van der Waals surface area contributed by atoms with Gasteiger partial charge in [0.05, 0.1) is 16.8 Å². The molecule has 3 N–H and O–H groups in total. The fraction of sp³-hybridized carbons (Fsp3) is 0.222. The zero-order chi connectivity index (χ0) is 20.8. The number of nitro groups is 1. The van der Waals surface area contributed by atoms with Crippen LogP contribution in [0, 0.1) is 10.1 Å². The molecule has 0 aliphatic carbocycles. The van der Waals surface area contributed by atoms with Gasteiger partial charge in [-0.05, 0) is 31.0 Å². The smallest absolute Gasteiger partial charge is 0.323 e. The molecule has 2 heterocycles. The van der Waals surface area contributed by atoms with Crippen molar-refractivity contribution in [3.05, 3.63) is 64.5 Å². The van der Waals surface area contributed by atoms with Gasteiger partial charge in [0.15, 0.2) is 0 Å². The quantitative estimate of drug-likeness (QED) is 0.525. The van der Waals surface area contributed by atoms with E-state index < -0.39 is 22.9 Å². The standard InChI is InChI=1S/C18H18N6O5/c25-16(12-4-1-6-14(10-12)24(28)29)21-22-18(27)23-9-3-7-15(23)17(26)20-13-5-2-8-19-11-13/h1-2,4-6,8,10-11,15H,3,7,9H2,(H,20,26)(H,21,25)(H,22,27)/t15-/m0/s1. The molecule has 0 saturated carbocycles. The number of pyridine rings is 1. The highest BCUT2D eigenvalue weighted by atomic mass is 16.6. The number of benzene rings is 1. The third-order valence-corrected chi connectivity index (χ3v) is 4.35. The van der Waals surface area contributed by atoms with Crippen LogP contribution in [0.25, 0.3) is 0 Å². The average Bonchev–Trinajstić information content (AvgIpc) is 3.23. The lowest BCUT2D eigenvalue weighted by Crippen LogP contribution is -2.52. The van der Waals surface area contributed by atoms with Crippen LogP contribution in [-0.2, 0) is 4.79 Å². The summed E-state index contributed by atoms with van der Waals surface area (Å²) in [6, 6.07) is 7.13. The molecule has 1 atom stereocenters. The molecular weight excluding hydrogens is 380 g/mol. The van der Waals surface area contributed by atoms with E-state index in [0.717, 1.165) is 6.07 Å². The number of anilines is 1. The van der Waals surface area contributed by atoms with E-state index in [1.54, 1.807) is 18.3 Å². The first kappa shape index (κ1) is 19.7. The fourth-order valence-corrected chi connectivity index (χ4v) is 2.96. The molecule has 0 spiro atoms. The molecule has 4 amide bonds. The van der Waals surface area contributed by atoms with Gasteiger partial charge >= 0.3 is 6.03 Å². The van der Waals surface area contributed by atoms with Crippen molar-refractivity contribution in [3.8, 4) is 0 Å². The van der Waals surface area contributed by atoms with Gasteiger partial charge in [-0.15, -0.1) is 0 Å². The second kappa shape index (κ2) is 8.78. The van der Waals surface area contributed by atoms with Crippen molar-refractivity contribution >= 4 is 29.2 Å².